The molecular formula is C18H26O5. The van der Waals surface area contributed by atoms with Crippen molar-refractivity contribution >= 4 is 5.97 Å². The molecule has 6 aliphatic rings. The van der Waals surface area contributed by atoms with Crippen LogP contribution in [-0.2, 0) is 19.3 Å². The van der Waals surface area contributed by atoms with E-state index in [9.17, 15) is 4.79 Å². The first-order chi connectivity index (χ1) is 11.1. The number of ether oxygens (including phenoxy) is 1. The maximum absolute atomic E-state index is 11.1. The molecule has 2 spiro atoms. The van der Waals surface area contributed by atoms with Gasteiger partial charge in [0, 0.05) is 31.1 Å². The molecule has 1 N–H and O–H groups in total. The normalized spacial score (nSPS) is 54.2. The van der Waals surface area contributed by atoms with Crippen molar-refractivity contribution in [1.82, 2.24) is 0 Å². The molecule has 4 bridgehead atoms. The lowest BCUT2D eigenvalue weighted by Crippen LogP contribution is -2.59. The molecule has 2 atom stereocenters. The monoisotopic (exact) mass is 322 g/mol. The maximum Gasteiger partial charge on any atom is 0.303 e. The van der Waals surface area contributed by atoms with E-state index in [-0.39, 0.29) is 12.3 Å². The maximum atomic E-state index is 11.1. The molecule has 23 heavy (non-hydrogen) atoms. The molecule has 1 heterocycles. The van der Waals surface area contributed by atoms with Gasteiger partial charge in [0.2, 0.25) is 11.6 Å². The lowest BCUT2D eigenvalue weighted by molar-refractivity contribution is -0.390. The summed E-state index contributed by atoms with van der Waals surface area (Å²) < 4.78 is 6.63. The van der Waals surface area contributed by atoms with Gasteiger partial charge in [-0.25, -0.2) is 0 Å². The standard InChI is InChI=1S/C18H26O5/c19-16(20)9-11-2-1-3-17(10-11)21-18(23-22-17)14-5-12-4-13(7-14)8-15(18)6-12/h11-15H,1-10H2,(H,19,20)/t11-,12?,13?,14?,15?,17+,18?/m0/s1. The zero-order chi connectivity index (χ0) is 15.7. The van der Waals surface area contributed by atoms with Gasteiger partial charge in [-0.2, -0.15) is 9.78 Å². The van der Waals surface area contributed by atoms with E-state index in [1.165, 1.54) is 32.1 Å². The second-order valence-corrected chi connectivity index (χ2v) is 8.77. The minimum atomic E-state index is -0.727. The second kappa shape index (κ2) is 4.93. The third-order valence-electron chi connectivity index (χ3n) is 7.18. The highest BCUT2D eigenvalue weighted by Gasteiger charge is 2.66. The van der Waals surface area contributed by atoms with Crippen molar-refractivity contribution in [2.45, 2.75) is 75.8 Å². The highest BCUT2D eigenvalue weighted by atomic mass is 17.3. The summed E-state index contributed by atoms with van der Waals surface area (Å²) in [4.78, 5) is 22.9. The van der Waals surface area contributed by atoms with Crippen LogP contribution in [0, 0.1) is 29.6 Å². The van der Waals surface area contributed by atoms with Gasteiger partial charge in [-0.3, -0.25) is 4.79 Å². The molecule has 0 radical (unpaired) electrons. The van der Waals surface area contributed by atoms with Crippen molar-refractivity contribution in [2.75, 3.05) is 0 Å². The lowest BCUT2D eigenvalue weighted by atomic mass is 9.53. The molecule has 128 valence electrons. The van der Waals surface area contributed by atoms with Crippen molar-refractivity contribution in [1.29, 1.82) is 0 Å². The van der Waals surface area contributed by atoms with Gasteiger partial charge in [0.05, 0.1) is 0 Å². The minimum Gasteiger partial charge on any atom is -0.481 e. The number of carbonyl (C=O) groups is 1. The third kappa shape index (κ3) is 2.19. The van der Waals surface area contributed by atoms with Crippen molar-refractivity contribution in [2.24, 2.45) is 29.6 Å². The van der Waals surface area contributed by atoms with Crippen LogP contribution in [0.2, 0.25) is 0 Å². The molecule has 5 heteroatoms. The predicted molar refractivity (Wildman–Crippen MR) is 80.0 cm³/mol. The van der Waals surface area contributed by atoms with Crippen LogP contribution in [0.15, 0.2) is 0 Å². The third-order valence-corrected chi connectivity index (χ3v) is 7.18. The largest absolute Gasteiger partial charge is 0.481 e. The summed E-state index contributed by atoms with van der Waals surface area (Å²) in [5, 5.41) is 9.09. The van der Waals surface area contributed by atoms with E-state index in [2.05, 4.69) is 0 Å². The van der Waals surface area contributed by atoms with Crippen LogP contribution in [0.5, 0.6) is 0 Å². The van der Waals surface area contributed by atoms with Crippen LogP contribution in [0.1, 0.15) is 64.2 Å². The molecule has 5 nitrogen and oxygen atoms in total. The topological polar surface area (TPSA) is 65.0 Å². The van der Waals surface area contributed by atoms with Crippen LogP contribution in [-0.4, -0.2) is 22.7 Å². The van der Waals surface area contributed by atoms with Gasteiger partial charge < -0.3 is 9.84 Å². The van der Waals surface area contributed by atoms with E-state index in [0.717, 1.165) is 31.1 Å². The Labute approximate surface area is 136 Å². The molecule has 6 rings (SSSR count). The zero-order valence-corrected chi connectivity index (χ0v) is 13.5. The van der Waals surface area contributed by atoms with Crippen LogP contribution in [0.25, 0.3) is 0 Å². The molecule has 0 aromatic heterocycles. The van der Waals surface area contributed by atoms with Crippen molar-refractivity contribution in [3.63, 3.8) is 0 Å². The highest BCUT2D eigenvalue weighted by Crippen LogP contribution is 2.63. The van der Waals surface area contributed by atoms with Crippen molar-refractivity contribution in [3.8, 4) is 0 Å². The molecule has 0 amide bonds. The Morgan fingerprint density at radius 2 is 1.74 bits per heavy atom. The van der Waals surface area contributed by atoms with Gasteiger partial charge in [-0.05, 0) is 62.7 Å². The van der Waals surface area contributed by atoms with Crippen molar-refractivity contribution < 1.29 is 24.4 Å². The quantitative estimate of drug-likeness (QED) is 0.789. The van der Waals surface area contributed by atoms with Crippen molar-refractivity contribution in [3.05, 3.63) is 0 Å². The molecule has 1 aliphatic heterocycles. The fraction of sp³-hybridized carbons (Fsp3) is 0.944. The number of aliphatic carboxylic acids is 1. The molecule has 5 saturated carbocycles. The molecule has 1 saturated heterocycles. The van der Waals surface area contributed by atoms with Gasteiger partial charge >= 0.3 is 5.97 Å². The Morgan fingerprint density at radius 3 is 2.39 bits per heavy atom. The predicted octanol–water partition coefficient (Wildman–Crippen LogP) is 3.48. The smallest absolute Gasteiger partial charge is 0.303 e. The zero-order valence-electron chi connectivity index (χ0n) is 13.5. The van der Waals surface area contributed by atoms with E-state index >= 15 is 0 Å². The highest BCUT2D eigenvalue weighted by molar-refractivity contribution is 5.67. The number of hydrogen-bond donors (Lipinski definition) is 1. The summed E-state index contributed by atoms with van der Waals surface area (Å²) >= 11 is 0. The number of rotatable bonds is 2. The molecule has 0 aromatic carbocycles. The van der Waals surface area contributed by atoms with E-state index in [1.54, 1.807) is 0 Å². The lowest BCUT2D eigenvalue weighted by Gasteiger charge is -2.57. The Balaban J connectivity index is 1.37. The molecular weight excluding hydrogens is 296 g/mol. The molecule has 0 aromatic rings. The van der Waals surface area contributed by atoms with Crippen LogP contribution >= 0.6 is 0 Å². The Morgan fingerprint density at radius 1 is 1.04 bits per heavy atom. The SMILES string of the molecule is O=C(O)C[C@@H]1CCC[C@]2(C1)OOC1(O2)C2CC3CC(C2)CC1C3. The molecule has 5 aliphatic carbocycles. The van der Waals surface area contributed by atoms with E-state index < -0.39 is 17.5 Å². The first-order valence-electron chi connectivity index (χ1n) is 9.36. The van der Waals surface area contributed by atoms with E-state index in [1.807, 2.05) is 0 Å². The van der Waals surface area contributed by atoms with E-state index in [0.29, 0.717) is 18.3 Å². The Bertz CT molecular complexity index is 490. The Kier molecular flexibility index (Phi) is 3.14. The number of carboxylic acids is 1. The van der Waals surface area contributed by atoms with Gasteiger partial charge in [-0.1, -0.05) is 0 Å². The summed E-state index contributed by atoms with van der Waals surface area (Å²) in [6, 6.07) is 0. The van der Waals surface area contributed by atoms with Gasteiger partial charge in [0.25, 0.3) is 0 Å². The average Bonchev–Trinajstić information content (AvgIpc) is 2.84. The summed E-state index contributed by atoms with van der Waals surface area (Å²) in [7, 11) is 0. The number of carboxylic acid groups (broad SMARTS) is 1. The summed E-state index contributed by atoms with van der Waals surface area (Å²) in [5.41, 5.74) is 0. The average molecular weight is 322 g/mol. The first kappa shape index (κ1) is 14.7. The van der Waals surface area contributed by atoms with Crippen LogP contribution in [0.3, 0.4) is 0 Å². The summed E-state index contributed by atoms with van der Waals surface area (Å²) in [6.07, 6.45) is 9.85. The fourth-order valence-corrected chi connectivity index (χ4v) is 6.50. The fourth-order valence-electron chi connectivity index (χ4n) is 6.50. The van der Waals surface area contributed by atoms with Gasteiger partial charge in [0.15, 0.2) is 0 Å². The minimum absolute atomic E-state index is 0.136. The first-order valence-corrected chi connectivity index (χ1v) is 9.36. The molecule has 6 fully saturated rings. The summed E-state index contributed by atoms with van der Waals surface area (Å²) in [5.74, 6) is 0.853. The summed E-state index contributed by atoms with van der Waals surface area (Å²) in [6.45, 7) is 0. The van der Waals surface area contributed by atoms with Gasteiger partial charge in [-0.15, -0.1) is 0 Å². The van der Waals surface area contributed by atoms with Crippen LogP contribution < -0.4 is 0 Å². The molecule has 0 unspecified atom stereocenters. The number of hydrogen-bond acceptors (Lipinski definition) is 4. The van der Waals surface area contributed by atoms with Crippen LogP contribution in [0.4, 0.5) is 0 Å². The van der Waals surface area contributed by atoms with Gasteiger partial charge in [0.1, 0.15) is 0 Å². The Hall–Kier alpha value is -0.650. The second-order valence-electron chi connectivity index (χ2n) is 8.77. The van der Waals surface area contributed by atoms with E-state index in [4.69, 9.17) is 19.6 Å².